The average molecular weight is 276 g/mol. The maximum atomic E-state index is 12.0. The van der Waals surface area contributed by atoms with E-state index in [4.69, 9.17) is 0 Å². The van der Waals surface area contributed by atoms with Crippen LogP contribution in [0.2, 0.25) is 0 Å². The van der Waals surface area contributed by atoms with Gasteiger partial charge in [-0.3, -0.25) is 9.59 Å². The van der Waals surface area contributed by atoms with Gasteiger partial charge in [-0.2, -0.15) is 0 Å². The van der Waals surface area contributed by atoms with Crippen LogP contribution in [-0.4, -0.2) is 29.6 Å². The fraction of sp³-hybridized carbons (Fsp3) is 0.467. The molecular weight excluding hydrogens is 256 g/mol. The van der Waals surface area contributed by atoms with Gasteiger partial charge in [0.1, 0.15) is 0 Å². The molecule has 5 nitrogen and oxygen atoms in total. The molecule has 0 bridgehead atoms. The predicted octanol–water partition coefficient (Wildman–Crippen LogP) is 1.46. The molecule has 2 rings (SSSR count). The van der Waals surface area contributed by atoms with E-state index in [2.05, 4.69) is 10.6 Å². The lowest BCUT2D eigenvalue weighted by molar-refractivity contribution is -0.116. The van der Waals surface area contributed by atoms with Crippen molar-refractivity contribution in [3.8, 4) is 0 Å². The summed E-state index contributed by atoms with van der Waals surface area (Å²) < 4.78 is 0. The van der Waals surface area contributed by atoms with Crippen molar-refractivity contribution in [2.45, 2.75) is 38.7 Å². The van der Waals surface area contributed by atoms with E-state index in [9.17, 15) is 14.7 Å². The second-order valence-electron chi connectivity index (χ2n) is 5.07. The van der Waals surface area contributed by atoms with Crippen molar-refractivity contribution in [3.05, 3.63) is 29.3 Å². The Balaban J connectivity index is 1.99. The molecule has 0 radical (unpaired) electrons. The maximum absolute atomic E-state index is 12.0. The van der Waals surface area contributed by atoms with Crippen LogP contribution < -0.4 is 10.6 Å². The SMILES string of the molecule is CCCC(O)CNC(=O)c1ccc2c(c1)CCC(=O)N2. The standard InChI is InChI=1S/C15H20N2O3/c1-2-3-12(18)9-16-15(20)11-4-6-13-10(8-11)5-7-14(19)17-13/h4,6,8,12,18H,2-3,5,7,9H2,1H3,(H,16,20)(H,17,19). The van der Waals surface area contributed by atoms with E-state index in [-0.39, 0.29) is 18.4 Å². The Kier molecular flexibility index (Phi) is 4.74. The minimum Gasteiger partial charge on any atom is -0.391 e. The Morgan fingerprint density at radius 3 is 3.00 bits per heavy atom. The van der Waals surface area contributed by atoms with Gasteiger partial charge in [0.25, 0.3) is 5.91 Å². The number of amides is 2. The third-order valence-corrected chi connectivity index (χ3v) is 3.38. The topological polar surface area (TPSA) is 78.4 Å². The molecule has 1 aromatic rings. The van der Waals surface area contributed by atoms with Crippen molar-refractivity contribution < 1.29 is 14.7 Å². The zero-order valence-corrected chi connectivity index (χ0v) is 11.6. The number of anilines is 1. The summed E-state index contributed by atoms with van der Waals surface area (Å²) in [6, 6.07) is 5.24. The van der Waals surface area contributed by atoms with Crippen molar-refractivity contribution in [1.29, 1.82) is 0 Å². The fourth-order valence-electron chi connectivity index (χ4n) is 2.27. The normalized spacial score (nSPS) is 15.2. The van der Waals surface area contributed by atoms with Crippen LogP contribution in [0.4, 0.5) is 5.69 Å². The van der Waals surface area contributed by atoms with Gasteiger partial charge in [0.2, 0.25) is 5.91 Å². The quantitative estimate of drug-likeness (QED) is 0.762. The van der Waals surface area contributed by atoms with Crippen molar-refractivity contribution in [1.82, 2.24) is 5.32 Å². The predicted molar refractivity (Wildman–Crippen MR) is 76.6 cm³/mol. The Labute approximate surface area is 118 Å². The van der Waals surface area contributed by atoms with Gasteiger partial charge in [-0.05, 0) is 36.6 Å². The largest absolute Gasteiger partial charge is 0.391 e. The molecule has 5 heteroatoms. The third kappa shape index (κ3) is 3.57. The first kappa shape index (κ1) is 14.5. The summed E-state index contributed by atoms with van der Waals surface area (Å²) in [7, 11) is 0. The van der Waals surface area contributed by atoms with Crippen LogP contribution in [0.15, 0.2) is 18.2 Å². The van der Waals surface area contributed by atoms with Crippen LogP contribution in [-0.2, 0) is 11.2 Å². The number of aliphatic hydroxyl groups excluding tert-OH is 1. The second-order valence-corrected chi connectivity index (χ2v) is 5.07. The van der Waals surface area contributed by atoms with Gasteiger partial charge < -0.3 is 15.7 Å². The number of carbonyl (C=O) groups excluding carboxylic acids is 2. The maximum Gasteiger partial charge on any atom is 0.251 e. The highest BCUT2D eigenvalue weighted by molar-refractivity contribution is 5.97. The van der Waals surface area contributed by atoms with Gasteiger partial charge in [-0.1, -0.05) is 13.3 Å². The van der Waals surface area contributed by atoms with Crippen LogP contribution >= 0.6 is 0 Å². The molecule has 0 spiro atoms. The summed E-state index contributed by atoms with van der Waals surface area (Å²) in [4.78, 5) is 23.3. The van der Waals surface area contributed by atoms with Crippen molar-refractivity contribution in [2.75, 3.05) is 11.9 Å². The Bertz CT molecular complexity index is 514. The first-order valence-electron chi connectivity index (χ1n) is 6.99. The molecule has 0 fully saturated rings. The van der Waals surface area contributed by atoms with E-state index in [0.717, 1.165) is 17.7 Å². The summed E-state index contributed by atoms with van der Waals surface area (Å²) in [5, 5.41) is 15.1. The molecule has 1 heterocycles. The van der Waals surface area contributed by atoms with Crippen molar-refractivity contribution in [2.24, 2.45) is 0 Å². The lowest BCUT2D eigenvalue weighted by Gasteiger charge is -2.17. The summed E-state index contributed by atoms with van der Waals surface area (Å²) in [5.74, 6) is -0.183. The number of rotatable bonds is 5. The summed E-state index contributed by atoms with van der Waals surface area (Å²) in [6.07, 6.45) is 2.17. The Hall–Kier alpha value is -1.88. The van der Waals surface area contributed by atoms with E-state index in [1.165, 1.54) is 0 Å². The van der Waals surface area contributed by atoms with Crippen LogP contribution in [0.3, 0.4) is 0 Å². The molecule has 3 N–H and O–H groups in total. The van der Waals surface area contributed by atoms with Gasteiger partial charge in [0, 0.05) is 24.2 Å². The van der Waals surface area contributed by atoms with E-state index in [1.807, 2.05) is 6.92 Å². The molecule has 1 atom stereocenters. The first-order valence-corrected chi connectivity index (χ1v) is 6.99. The molecule has 0 aliphatic carbocycles. The lowest BCUT2D eigenvalue weighted by atomic mass is 10.00. The Morgan fingerprint density at radius 2 is 2.25 bits per heavy atom. The number of fused-ring (bicyclic) bond motifs is 1. The highest BCUT2D eigenvalue weighted by Crippen LogP contribution is 2.23. The molecule has 0 saturated heterocycles. The zero-order valence-electron chi connectivity index (χ0n) is 11.6. The van der Waals surface area contributed by atoms with E-state index >= 15 is 0 Å². The fourth-order valence-corrected chi connectivity index (χ4v) is 2.27. The third-order valence-electron chi connectivity index (χ3n) is 3.38. The van der Waals surface area contributed by atoms with Gasteiger partial charge >= 0.3 is 0 Å². The highest BCUT2D eigenvalue weighted by Gasteiger charge is 2.16. The number of hydrogen-bond donors (Lipinski definition) is 3. The van der Waals surface area contributed by atoms with Gasteiger partial charge in [0.05, 0.1) is 6.10 Å². The van der Waals surface area contributed by atoms with E-state index in [1.54, 1.807) is 18.2 Å². The summed E-state index contributed by atoms with van der Waals surface area (Å²) in [5.41, 5.74) is 2.32. The smallest absolute Gasteiger partial charge is 0.251 e. The molecule has 2 amide bonds. The van der Waals surface area contributed by atoms with E-state index in [0.29, 0.717) is 24.8 Å². The molecular formula is C15H20N2O3. The molecule has 1 aliphatic heterocycles. The highest BCUT2D eigenvalue weighted by atomic mass is 16.3. The number of nitrogens with one attached hydrogen (secondary N) is 2. The van der Waals surface area contributed by atoms with Crippen molar-refractivity contribution in [3.63, 3.8) is 0 Å². The number of hydrogen-bond acceptors (Lipinski definition) is 3. The molecule has 1 aromatic carbocycles. The second kappa shape index (κ2) is 6.52. The molecule has 0 saturated carbocycles. The van der Waals surface area contributed by atoms with Crippen LogP contribution in [0.25, 0.3) is 0 Å². The van der Waals surface area contributed by atoms with Crippen LogP contribution in [0, 0.1) is 0 Å². The number of carbonyl (C=O) groups is 2. The molecule has 108 valence electrons. The molecule has 1 unspecified atom stereocenters. The first-order chi connectivity index (χ1) is 9.60. The summed E-state index contributed by atoms with van der Waals surface area (Å²) in [6.45, 7) is 2.25. The molecule has 1 aliphatic rings. The van der Waals surface area contributed by atoms with Crippen LogP contribution in [0.5, 0.6) is 0 Å². The number of aryl methyl sites for hydroxylation is 1. The average Bonchev–Trinajstić information content (AvgIpc) is 2.44. The van der Waals surface area contributed by atoms with Gasteiger partial charge in [-0.15, -0.1) is 0 Å². The number of benzene rings is 1. The molecule has 0 aromatic heterocycles. The minimum absolute atomic E-state index is 0.0115. The van der Waals surface area contributed by atoms with E-state index < -0.39 is 6.10 Å². The van der Waals surface area contributed by atoms with Gasteiger partial charge in [-0.25, -0.2) is 0 Å². The van der Waals surface area contributed by atoms with Crippen LogP contribution in [0.1, 0.15) is 42.1 Å². The zero-order chi connectivity index (χ0) is 14.5. The summed E-state index contributed by atoms with van der Waals surface area (Å²) >= 11 is 0. The lowest BCUT2D eigenvalue weighted by Crippen LogP contribution is -2.32. The Morgan fingerprint density at radius 1 is 1.45 bits per heavy atom. The van der Waals surface area contributed by atoms with Gasteiger partial charge in [0.15, 0.2) is 0 Å². The molecule has 20 heavy (non-hydrogen) atoms. The number of aliphatic hydroxyl groups is 1. The monoisotopic (exact) mass is 276 g/mol. The van der Waals surface area contributed by atoms with Crippen molar-refractivity contribution >= 4 is 17.5 Å². The minimum atomic E-state index is -0.499.